The molecule has 14 heavy (non-hydrogen) atoms. The lowest BCUT2D eigenvalue weighted by molar-refractivity contribution is 0.368. The zero-order valence-electron chi connectivity index (χ0n) is 9.29. The van der Waals surface area contributed by atoms with Crippen molar-refractivity contribution in [2.24, 2.45) is 11.8 Å². The molecule has 4 heteroatoms. The van der Waals surface area contributed by atoms with Crippen molar-refractivity contribution < 1.29 is 8.42 Å². The van der Waals surface area contributed by atoms with Gasteiger partial charge in [-0.05, 0) is 31.6 Å². The Kier molecular flexibility index (Phi) is 3.95. The molecule has 3 nitrogen and oxygen atoms in total. The van der Waals surface area contributed by atoms with Gasteiger partial charge in [0.25, 0.3) is 0 Å². The summed E-state index contributed by atoms with van der Waals surface area (Å²) in [6, 6.07) is 0.171. The topological polar surface area (TPSA) is 46.2 Å². The molecule has 0 aromatic heterocycles. The zero-order chi connectivity index (χ0) is 10.8. The van der Waals surface area contributed by atoms with E-state index in [2.05, 4.69) is 18.6 Å². The molecule has 3 atom stereocenters. The van der Waals surface area contributed by atoms with Gasteiger partial charge in [-0.3, -0.25) is 0 Å². The molecule has 0 saturated heterocycles. The van der Waals surface area contributed by atoms with Crippen LogP contribution in [0.3, 0.4) is 0 Å². The maximum atomic E-state index is 11.4. The van der Waals surface area contributed by atoms with Crippen LogP contribution in [0.2, 0.25) is 0 Å². The first-order chi connectivity index (χ1) is 6.50. The summed E-state index contributed by atoms with van der Waals surface area (Å²) in [6.07, 6.45) is 3.32. The maximum Gasteiger partial charge on any atom is 0.211 e. The van der Waals surface area contributed by atoms with E-state index in [1.807, 2.05) is 0 Å². The summed E-state index contributed by atoms with van der Waals surface area (Å²) in [6.45, 7) is 6.02. The van der Waals surface area contributed by atoms with E-state index < -0.39 is 10.0 Å². The molecule has 0 spiro atoms. The second kappa shape index (κ2) is 4.62. The monoisotopic (exact) mass is 219 g/mol. The Morgan fingerprint density at radius 3 is 2.36 bits per heavy atom. The van der Waals surface area contributed by atoms with E-state index in [-0.39, 0.29) is 11.8 Å². The van der Waals surface area contributed by atoms with E-state index in [0.717, 1.165) is 19.3 Å². The number of rotatable bonds is 4. The summed E-state index contributed by atoms with van der Waals surface area (Å²) in [4.78, 5) is 0. The average molecular weight is 219 g/mol. The predicted octanol–water partition coefficient (Wildman–Crippen LogP) is 1.75. The van der Waals surface area contributed by atoms with Crippen molar-refractivity contribution in [2.45, 2.75) is 46.1 Å². The molecule has 1 rings (SSSR count). The Labute approximate surface area is 87.3 Å². The van der Waals surface area contributed by atoms with Crippen molar-refractivity contribution in [2.75, 3.05) is 5.75 Å². The summed E-state index contributed by atoms with van der Waals surface area (Å²) < 4.78 is 25.6. The Hall–Kier alpha value is -0.0900. The highest BCUT2D eigenvalue weighted by Crippen LogP contribution is 2.34. The van der Waals surface area contributed by atoms with Crippen LogP contribution in [0.15, 0.2) is 0 Å². The van der Waals surface area contributed by atoms with E-state index in [0.29, 0.717) is 11.8 Å². The largest absolute Gasteiger partial charge is 0.212 e. The van der Waals surface area contributed by atoms with Gasteiger partial charge in [0.05, 0.1) is 5.75 Å². The Morgan fingerprint density at radius 1 is 1.29 bits per heavy atom. The predicted molar refractivity (Wildman–Crippen MR) is 58.6 cm³/mol. The summed E-state index contributed by atoms with van der Waals surface area (Å²) in [5.41, 5.74) is 0. The molecule has 84 valence electrons. The Balaban J connectivity index is 2.56. The first-order valence-electron chi connectivity index (χ1n) is 5.50. The van der Waals surface area contributed by atoms with Crippen LogP contribution >= 0.6 is 0 Å². The van der Waals surface area contributed by atoms with Crippen molar-refractivity contribution >= 4 is 10.0 Å². The van der Waals surface area contributed by atoms with Crippen molar-refractivity contribution in [1.29, 1.82) is 0 Å². The summed E-state index contributed by atoms with van der Waals surface area (Å²) in [5, 5.41) is 0. The molecule has 0 heterocycles. The summed E-state index contributed by atoms with van der Waals surface area (Å²) >= 11 is 0. The van der Waals surface area contributed by atoms with Crippen molar-refractivity contribution in [1.82, 2.24) is 4.72 Å². The van der Waals surface area contributed by atoms with Crippen molar-refractivity contribution in [3.8, 4) is 0 Å². The number of sulfonamides is 1. The first kappa shape index (κ1) is 12.0. The molecule has 0 aliphatic heterocycles. The standard InChI is InChI=1S/C10H21NO2S/c1-4-9-6-7-10(8(9)3)11-14(12,13)5-2/h8-11H,4-7H2,1-3H3. The van der Waals surface area contributed by atoms with Gasteiger partial charge in [0.1, 0.15) is 0 Å². The van der Waals surface area contributed by atoms with Crippen LogP contribution in [0.5, 0.6) is 0 Å². The van der Waals surface area contributed by atoms with E-state index in [1.165, 1.54) is 0 Å². The minimum absolute atomic E-state index is 0.171. The second-order valence-corrected chi connectivity index (χ2v) is 6.28. The van der Waals surface area contributed by atoms with Crippen LogP contribution in [0.4, 0.5) is 0 Å². The fourth-order valence-corrected chi connectivity index (χ4v) is 3.26. The van der Waals surface area contributed by atoms with E-state index in [1.54, 1.807) is 6.92 Å². The fraction of sp³-hybridized carbons (Fsp3) is 1.00. The van der Waals surface area contributed by atoms with Gasteiger partial charge in [0.15, 0.2) is 0 Å². The van der Waals surface area contributed by atoms with Crippen LogP contribution < -0.4 is 4.72 Å². The fourth-order valence-electron chi connectivity index (χ4n) is 2.30. The molecule has 1 aliphatic carbocycles. The molecule has 1 fully saturated rings. The van der Waals surface area contributed by atoms with Crippen LogP contribution in [-0.2, 0) is 10.0 Å². The zero-order valence-corrected chi connectivity index (χ0v) is 10.1. The molecule has 0 amide bonds. The van der Waals surface area contributed by atoms with Gasteiger partial charge in [-0.2, -0.15) is 0 Å². The lowest BCUT2D eigenvalue weighted by atomic mass is 9.94. The van der Waals surface area contributed by atoms with Gasteiger partial charge < -0.3 is 0 Å². The molecule has 0 aromatic carbocycles. The third kappa shape index (κ3) is 2.70. The average Bonchev–Trinajstić information content (AvgIpc) is 2.47. The molecule has 0 radical (unpaired) electrons. The minimum atomic E-state index is -3.02. The van der Waals surface area contributed by atoms with Gasteiger partial charge >= 0.3 is 0 Å². The van der Waals surface area contributed by atoms with Crippen LogP contribution in [0, 0.1) is 11.8 Å². The third-order valence-corrected chi connectivity index (χ3v) is 4.88. The van der Waals surface area contributed by atoms with Gasteiger partial charge in [0.2, 0.25) is 10.0 Å². The summed E-state index contributed by atoms with van der Waals surface area (Å²) in [5.74, 6) is 1.37. The summed E-state index contributed by atoms with van der Waals surface area (Å²) in [7, 11) is -3.02. The first-order valence-corrected chi connectivity index (χ1v) is 7.15. The molecule has 1 aliphatic rings. The van der Waals surface area contributed by atoms with Gasteiger partial charge in [-0.25, -0.2) is 13.1 Å². The second-order valence-electron chi connectivity index (χ2n) is 4.23. The molecule has 3 unspecified atom stereocenters. The quantitative estimate of drug-likeness (QED) is 0.783. The highest BCUT2D eigenvalue weighted by Gasteiger charge is 2.33. The normalized spacial score (nSPS) is 33.5. The van der Waals surface area contributed by atoms with Gasteiger partial charge in [-0.1, -0.05) is 20.3 Å². The van der Waals surface area contributed by atoms with Crippen molar-refractivity contribution in [3.05, 3.63) is 0 Å². The molecule has 1 saturated carbocycles. The molecule has 0 bridgehead atoms. The van der Waals surface area contributed by atoms with Gasteiger partial charge in [0, 0.05) is 6.04 Å². The smallest absolute Gasteiger partial charge is 0.211 e. The van der Waals surface area contributed by atoms with Gasteiger partial charge in [-0.15, -0.1) is 0 Å². The van der Waals surface area contributed by atoms with Crippen LogP contribution in [-0.4, -0.2) is 20.2 Å². The van der Waals surface area contributed by atoms with E-state index in [4.69, 9.17) is 0 Å². The minimum Gasteiger partial charge on any atom is -0.212 e. The highest BCUT2D eigenvalue weighted by atomic mass is 32.2. The molecular formula is C10H21NO2S. The lowest BCUT2D eigenvalue weighted by Gasteiger charge is -2.20. The van der Waals surface area contributed by atoms with Crippen LogP contribution in [0.1, 0.15) is 40.0 Å². The number of hydrogen-bond donors (Lipinski definition) is 1. The lowest BCUT2D eigenvalue weighted by Crippen LogP contribution is -2.38. The van der Waals surface area contributed by atoms with E-state index in [9.17, 15) is 8.42 Å². The molecule has 0 aromatic rings. The van der Waals surface area contributed by atoms with Crippen molar-refractivity contribution in [3.63, 3.8) is 0 Å². The molecular weight excluding hydrogens is 198 g/mol. The van der Waals surface area contributed by atoms with Crippen LogP contribution in [0.25, 0.3) is 0 Å². The maximum absolute atomic E-state index is 11.4. The number of hydrogen-bond acceptors (Lipinski definition) is 2. The van der Waals surface area contributed by atoms with E-state index >= 15 is 0 Å². The Morgan fingerprint density at radius 2 is 1.93 bits per heavy atom. The Bertz CT molecular complexity index is 274. The highest BCUT2D eigenvalue weighted by molar-refractivity contribution is 7.89. The SMILES string of the molecule is CCC1CCC(NS(=O)(=O)CC)C1C. The molecule has 1 N–H and O–H groups in total. The third-order valence-electron chi connectivity index (χ3n) is 3.46. The number of nitrogens with one attached hydrogen (secondary N) is 1.